The fourth-order valence-corrected chi connectivity index (χ4v) is 1.79. The first-order valence-electron chi connectivity index (χ1n) is 7.09. The fourth-order valence-electron chi connectivity index (χ4n) is 1.79. The lowest BCUT2D eigenvalue weighted by Crippen LogP contribution is -2.45. The Labute approximate surface area is 140 Å². The summed E-state index contributed by atoms with van der Waals surface area (Å²) in [5.41, 5.74) is 4.91. The zero-order valence-electron chi connectivity index (χ0n) is 13.0. The van der Waals surface area contributed by atoms with Crippen molar-refractivity contribution in [1.82, 2.24) is 5.32 Å². The molecule has 2 unspecified atom stereocenters. The van der Waals surface area contributed by atoms with Crippen LogP contribution in [-0.2, 0) is 11.0 Å². The summed E-state index contributed by atoms with van der Waals surface area (Å²) in [5, 5.41) is 2.56. The van der Waals surface area contributed by atoms with Gasteiger partial charge in [-0.05, 0) is 18.1 Å². The summed E-state index contributed by atoms with van der Waals surface area (Å²) in [5.74, 6) is -0.551. The largest absolute Gasteiger partial charge is 0.491 e. The zero-order chi connectivity index (χ0) is 16.8. The average Bonchev–Trinajstić information content (AvgIpc) is 2.49. The van der Waals surface area contributed by atoms with Crippen LogP contribution in [0.5, 0.6) is 5.75 Å². The third-order valence-corrected chi connectivity index (χ3v) is 3.41. The van der Waals surface area contributed by atoms with E-state index >= 15 is 0 Å². The number of amides is 1. The second kappa shape index (κ2) is 9.62. The molecular formula is C15H22ClF3N2O2. The Morgan fingerprint density at radius 2 is 1.96 bits per heavy atom. The molecule has 0 spiro atoms. The van der Waals surface area contributed by atoms with Gasteiger partial charge in [-0.1, -0.05) is 32.4 Å². The summed E-state index contributed by atoms with van der Waals surface area (Å²) in [4.78, 5) is 11.7. The highest BCUT2D eigenvalue weighted by molar-refractivity contribution is 5.85. The van der Waals surface area contributed by atoms with Crippen molar-refractivity contribution >= 4 is 18.3 Å². The summed E-state index contributed by atoms with van der Waals surface area (Å²) >= 11 is 0. The molecule has 1 aromatic rings. The Bertz CT molecular complexity index is 498. The van der Waals surface area contributed by atoms with E-state index in [0.717, 1.165) is 12.5 Å². The van der Waals surface area contributed by atoms with E-state index in [9.17, 15) is 18.0 Å². The quantitative estimate of drug-likeness (QED) is 0.740. The topological polar surface area (TPSA) is 64.4 Å². The average molecular weight is 355 g/mol. The predicted octanol–water partition coefficient (Wildman–Crippen LogP) is 3.00. The molecule has 0 bridgehead atoms. The number of rotatable bonds is 7. The SMILES string of the molecule is CCC(C)C(N)C(=O)NCCOc1ccccc1C(F)(F)F.Cl. The van der Waals surface area contributed by atoms with Crippen LogP contribution in [-0.4, -0.2) is 25.1 Å². The molecule has 0 aromatic heterocycles. The van der Waals surface area contributed by atoms with Gasteiger partial charge in [0.2, 0.25) is 5.91 Å². The van der Waals surface area contributed by atoms with Gasteiger partial charge in [0.15, 0.2) is 0 Å². The molecule has 0 fully saturated rings. The molecule has 23 heavy (non-hydrogen) atoms. The van der Waals surface area contributed by atoms with Gasteiger partial charge in [-0.15, -0.1) is 12.4 Å². The van der Waals surface area contributed by atoms with Gasteiger partial charge >= 0.3 is 6.18 Å². The summed E-state index contributed by atoms with van der Waals surface area (Å²) in [6.45, 7) is 3.82. The summed E-state index contributed by atoms with van der Waals surface area (Å²) in [6.07, 6.45) is -3.71. The van der Waals surface area contributed by atoms with Gasteiger partial charge in [-0.25, -0.2) is 0 Å². The van der Waals surface area contributed by atoms with E-state index in [-0.39, 0.29) is 43.1 Å². The van der Waals surface area contributed by atoms with Crippen molar-refractivity contribution in [2.24, 2.45) is 11.7 Å². The lowest BCUT2D eigenvalue weighted by Gasteiger charge is -2.18. The van der Waals surface area contributed by atoms with Crippen molar-refractivity contribution in [2.45, 2.75) is 32.5 Å². The number of carbonyl (C=O) groups excluding carboxylic acids is 1. The molecule has 4 nitrogen and oxygen atoms in total. The van der Waals surface area contributed by atoms with Crippen LogP contribution >= 0.6 is 12.4 Å². The molecule has 1 amide bonds. The summed E-state index contributed by atoms with van der Waals surface area (Å²) < 4.78 is 43.4. The van der Waals surface area contributed by atoms with E-state index in [1.165, 1.54) is 18.2 Å². The van der Waals surface area contributed by atoms with E-state index in [1.807, 2.05) is 13.8 Å². The minimum absolute atomic E-state index is 0. The van der Waals surface area contributed by atoms with Crippen molar-refractivity contribution in [2.75, 3.05) is 13.2 Å². The van der Waals surface area contributed by atoms with Gasteiger partial charge < -0.3 is 15.8 Å². The van der Waals surface area contributed by atoms with Crippen molar-refractivity contribution < 1.29 is 22.7 Å². The van der Waals surface area contributed by atoms with Crippen molar-refractivity contribution in [1.29, 1.82) is 0 Å². The molecule has 0 aliphatic heterocycles. The Hall–Kier alpha value is -1.47. The van der Waals surface area contributed by atoms with Crippen LogP contribution in [0.2, 0.25) is 0 Å². The number of para-hydroxylation sites is 1. The molecule has 8 heteroatoms. The number of hydrogen-bond acceptors (Lipinski definition) is 3. The Morgan fingerprint density at radius 1 is 1.35 bits per heavy atom. The highest BCUT2D eigenvalue weighted by Crippen LogP contribution is 2.35. The number of ether oxygens (including phenoxy) is 1. The predicted molar refractivity (Wildman–Crippen MR) is 84.6 cm³/mol. The van der Waals surface area contributed by atoms with Gasteiger partial charge in [-0.2, -0.15) is 13.2 Å². The smallest absolute Gasteiger partial charge is 0.419 e. The van der Waals surface area contributed by atoms with E-state index in [4.69, 9.17) is 10.5 Å². The fraction of sp³-hybridized carbons (Fsp3) is 0.533. The molecule has 0 aliphatic rings. The van der Waals surface area contributed by atoms with Crippen LogP contribution in [0.15, 0.2) is 24.3 Å². The highest BCUT2D eigenvalue weighted by Gasteiger charge is 2.33. The van der Waals surface area contributed by atoms with Gasteiger partial charge in [0, 0.05) is 0 Å². The number of halogens is 4. The first-order chi connectivity index (χ1) is 10.3. The molecular weight excluding hydrogens is 333 g/mol. The number of nitrogens with two attached hydrogens (primary N) is 1. The monoisotopic (exact) mass is 354 g/mol. The molecule has 3 N–H and O–H groups in total. The number of carbonyl (C=O) groups is 1. The highest BCUT2D eigenvalue weighted by atomic mass is 35.5. The van der Waals surface area contributed by atoms with Crippen molar-refractivity contribution in [3.8, 4) is 5.75 Å². The Morgan fingerprint density at radius 3 is 2.52 bits per heavy atom. The van der Waals surface area contributed by atoms with Gasteiger partial charge in [0.1, 0.15) is 12.4 Å². The molecule has 0 radical (unpaired) electrons. The zero-order valence-corrected chi connectivity index (χ0v) is 13.8. The van der Waals surface area contributed by atoms with Crippen LogP contribution in [0, 0.1) is 5.92 Å². The van der Waals surface area contributed by atoms with Crippen LogP contribution in [0.4, 0.5) is 13.2 Å². The standard InChI is InChI=1S/C15H21F3N2O2.ClH/c1-3-10(2)13(19)14(21)20-8-9-22-12-7-5-4-6-11(12)15(16,17)18;/h4-7,10,13H,3,8-9,19H2,1-2H3,(H,20,21);1H. The molecule has 0 saturated heterocycles. The van der Waals surface area contributed by atoms with Crippen LogP contribution in [0.25, 0.3) is 0 Å². The Kier molecular flexibility index (Phi) is 9.01. The van der Waals surface area contributed by atoms with Gasteiger partial charge in [0.25, 0.3) is 0 Å². The number of benzene rings is 1. The minimum Gasteiger partial charge on any atom is -0.491 e. The molecule has 1 rings (SSSR count). The van der Waals surface area contributed by atoms with Crippen LogP contribution < -0.4 is 15.8 Å². The second-order valence-electron chi connectivity index (χ2n) is 5.04. The van der Waals surface area contributed by atoms with Gasteiger partial charge in [-0.3, -0.25) is 4.79 Å². The van der Waals surface area contributed by atoms with Crippen LogP contribution in [0.1, 0.15) is 25.8 Å². The first kappa shape index (κ1) is 21.5. The number of hydrogen-bond donors (Lipinski definition) is 2. The first-order valence-corrected chi connectivity index (χ1v) is 7.09. The second-order valence-corrected chi connectivity index (χ2v) is 5.04. The normalized spacial score (nSPS) is 13.7. The van der Waals surface area contributed by atoms with E-state index in [0.29, 0.717) is 0 Å². The number of alkyl halides is 3. The van der Waals surface area contributed by atoms with Crippen molar-refractivity contribution in [3.63, 3.8) is 0 Å². The third kappa shape index (κ3) is 6.66. The maximum atomic E-state index is 12.8. The lowest BCUT2D eigenvalue weighted by molar-refractivity contribution is -0.139. The molecule has 2 atom stereocenters. The molecule has 0 aliphatic carbocycles. The third-order valence-electron chi connectivity index (χ3n) is 3.41. The van der Waals surface area contributed by atoms with Crippen molar-refractivity contribution in [3.05, 3.63) is 29.8 Å². The lowest BCUT2D eigenvalue weighted by atomic mass is 9.99. The minimum atomic E-state index is -4.47. The summed E-state index contributed by atoms with van der Waals surface area (Å²) in [6, 6.07) is 4.32. The number of nitrogens with one attached hydrogen (secondary N) is 1. The molecule has 0 heterocycles. The maximum absolute atomic E-state index is 12.8. The maximum Gasteiger partial charge on any atom is 0.419 e. The van der Waals surface area contributed by atoms with Gasteiger partial charge in [0.05, 0.1) is 18.2 Å². The molecule has 132 valence electrons. The Balaban J connectivity index is 0.00000484. The summed E-state index contributed by atoms with van der Waals surface area (Å²) in [7, 11) is 0. The molecule has 0 saturated carbocycles. The van der Waals surface area contributed by atoms with E-state index in [1.54, 1.807) is 0 Å². The van der Waals surface area contributed by atoms with Crippen LogP contribution in [0.3, 0.4) is 0 Å². The van der Waals surface area contributed by atoms with E-state index < -0.39 is 17.8 Å². The molecule has 1 aromatic carbocycles. The van der Waals surface area contributed by atoms with E-state index in [2.05, 4.69) is 5.32 Å².